The van der Waals surface area contributed by atoms with Crippen LogP contribution in [0.1, 0.15) is 51.8 Å². The molecular weight excluding hydrogens is 560 g/mol. The Balaban J connectivity index is 1.93. The smallest absolute Gasteiger partial charge is 0.338 e. The lowest BCUT2D eigenvalue weighted by Gasteiger charge is -2.25. The summed E-state index contributed by atoms with van der Waals surface area (Å²) in [6.07, 6.45) is 1.74. The Morgan fingerprint density at radius 2 is 1.76 bits per heavy atom. The van der Waals surface area contributed by atoms with Gasteiger partial charge in [0.15, 0.2) is 27.8 Å². The van der Waals surface area contributed by atoms with E-state index in [9.17, 15) is 14.4 Å². The third-order valence-electron chi connectivity index (χ3n) is 6.33. The van der Waals surface area contributed by atoms with Crippen molar-refractivity contribution in [2.24, 2.45) is 10.9 Å². The number of methoxy groups -OCH3 is 2. The molecule has 4 rings (SSSR count). The van der Waals surface area contributed by atoms with Gasteiger partial charge in [-0.05, 0) is 61.2 Å². The van der Waals surface area contributed by atoms with Gasteiger partial charge in [-0.3, -0.25) is 14.2 Å². The minimum atomic E-state index is -0.862. The van der Waals surface area contributed by atoms with E-state index in [0.29, 0.717) is 44.4 Å². The SMILES string of the molecule is CCOc1cc([C@H]2C(C(=O)OCC(C)C)=C(C)N=c3s/c(=C\c4ccc(OC)c(OC)c4)c(=O)n32)ccc1OC(C)=O. The van der Waals surface area contributed by atoms with Gasteiger partial charge in [0.25, 0.3) is 5.56 Å². The average Bonchev–Trinajstić information content (AvgIpc) is 3.25. The molecule has 0 bridgehead atoms. The number of nitrogens with zero attached hydrogens (tertiary/aromatic N) is 2. The summed E-state index contributed by atoms with van der Waals surface area (Å²) in [4.78, 5) is 44.2. The number of ether oxygens (including phenoxy) is 5. The summed E-state index contributed by atoms with van der Waals surface area (Å²) < 4.78 is 29.4. The minimum absolute atomic E-state index is 0.114. The highest BCUT2D eigenvalue weighted by atomic mass is 32.1. The number of rotatable bonds is 10. The second kappa shape index (κ2) is 13.1. The van der Waals surface area contributed by atoms with Crippen LogP contribution in [-0.2, 0) is 14.3 Å². The van der Waals surface area contributed by atoms with Crippen LogP contribution in [0, 0.1) is 5.92 Å². The topological polar surface area (TPSA) is 115 Å². The van der Waals surface area contributed by atoms with Gasteiger partial charge in [0.1, 0.15) is 0 Å². The molecule has 0 unspecified atom stereocenters. The second-order valence-electron chi connectivity index (χ2n) is 9.92. The van der Waals surface area contributed by atoms with E-state index in [-0.39, 0.29) is 29.4 Å². The van der Waals surface area contributed by atoms with Gasteiger partial charge in [0.2, 0.25) is 0 Å². The van der Waals surface area contributed by atoms with E-state index in [1.54, 1.807) is 64.5 Å². The summed E-state index contributed by atoms with van der Waals surface area (Å²) in [6, 6.07) is 9.46. The molecule has 0 fully saturated rings. The first kappa shape index (κ1) is 30.6. The lowest BCUT2D eigenvalue weighted by Crippen LogP contribution is -2.40. The van der Waals surface area contributed by atoms with Crippen molar-refractivity contribution in [1.29, 1.82) is 0 Å². The fourth-order valence-corrected chi connectivity index (χ4v) is 5.56. The lowest BCUT2D eigenvalue weighted by atomic mass is 9.95. The Morgan fingerprint density at radius 1 is 1.05 bits per heavy atom. The lowest BCUT2D eigenvalue weighted by molar-refractivity contribution is -0.140. The van der Waals surface area contributed by atoms with Crippen LogP contribution in [0.4, 0.5) is 0 Å². The molecule has 0 saturated carbocycles. The maximum Gasteiger partial charge on any atom is 0.338 e. The number of benzene rings is 2. The minimum Gasteiger partial charge on any atom is -0.493 e. The molecule has 11 heteroatoms. The van der Waals surface area contributed by atoms with Crippen LogP contribution in [0.2, 0.25) is 0 Å². The predicted molar refractivity (Wildman–Crippen MR) is 158 cm³/mol. The van der Waals surface area contributed by atoms with E-state index in [1.165, 1.54) is 22.8 Å². The number of esters is 2. The number of thiazole rings is 1. The Hall–Kier alpha value is -4.38. The Bertz CT molecular complexity index is 1720. The fourth-order valence-electron chi connectivity index (χ4n) is 4.51. The molecule has 0 saturated heterocycles. The van der Waals surface area contributed by atoms with Crippen molar-refractivity contribution in [3.63, 3.8) is 0 Å². The average molecular weight is 595 g/mol. The molecule has 3 aromatic rings. The zero-order chi connectivity index (χ0) is 30.6. The Morgan fingerprint density at radius 3 is 2.40 bits per heavy atom. The largest absolute Gasteiger partial charge is 0.493 e. The predicted octanol–water partition coefficient (Wildman–Crippen LogP) is 3.78. The third kappa shape index (κ3) is 6.41. The van der Waals surface area contributed by atoms with Gasteiger partial charge >= 0.3 is 11.9 Å². The summed E-state index contributed by atoms with van der Waals surface area (Å²) in [6.45, 7) is 9.23. The first-order chi connectivity index (χ1) is 20.1. The van der Waals surface area contributed by atoms with E-state index in [2.05, 4.69) is 4.99 Å². The van der Waals surface area contributed by atoms with Gasteiger partial charge < -0.3 is 23.7 Å². The van der Waals surface area contributed by atoms with E-state index in [4.69, 9.17) is 23.7 Å². The van der Waals surface area contributed by atoms with Gasteiger partial charge in [-0.2, -0.15) is 0 Å². The monoisotopic (exact) mass is 594 g/mol. The van der Waals surface area contributed by atoms with E-state index < -0.39 is 18.0 Å². The van der Waals surface area contributed by atoms with Gasteiger partial charge in [-0.15, -0.1) is 0 Å². The Kier molecular flexibility index (Phi) is 9.52. The van der Waals surface area contributed by atoms with Crippen molar-refractivity contribution in [3.05, 3.63) is 78.5 Å². The summed E-state index contributed by atoms with van der Waals surface area (Å²) in [7, 11) is 3.10. The number of aromatic nitrogens is 1. The zero-order valence-corrected chi connectivity index (χ0v) is 25.5. The van der Waals surface area contributed by atoms with E-state index >= 15 is 0 Å². The number of carbonyl (C=O) groups excluding carboxylic acids is 2. The van der Waals surface area contributed by atoms with Crippen molar-refractivity contribution < 1.29 is 33.3 Å². The standard InChI is InChI=1S/C31H34N2O8S/c1-8-39-25-15-21(10-12-23(25)41-19(5)34)28-27(30(36)40-16-17(2)3)18(4)32-31-33(28)29(35)26(42-31)14-20-9-11-22(37-6)24(13-20)38-7/h9-15,17,28H,8,16H2,1-7H3/b26-14-/t28-/m0/s1. The van der Waals surface area contributed by atoms with Crippen molar-refractivity contribution in [2.75, 3.05) is 27.4 Å². The molecule has 0 radical (unpaired) electrons. The molecule has 2 heterocycles. The highest BCUT2D eigenvalue weighted by Crippen LogP contribution is 2.36. The van der Waals surface area contributed by atoms with E-state index in [1.807, 2.05) is 19.9 Å². The molecule has 0 amide bonds. The number of carbonyl (C=O) groups is 2. The van der Waals surface area contributed by atoms with Crippen LogP contribution in [0.5, 0.6) is 23.0 Å². The Labute approximate surface area is 247 Å². The van der Waals surface area contributed by atoms with E-state index in [0.717, 1.165) is 5.56 Å². The van der Waals surface area contributed by atoms with Crippen LogP contribution in [0.3, 0.4) is 0 Å². The number of hydrogen-bond donors (Lipinski definition) is 0. The summed E-state index contributed by atoms with van der Waals surface area (Å²) in [5.74, 6) is 0.689. The fraction of sp³-hybridized carbons (Fsp3) is 0.355. The van der Waals surface area contributed by atoms with Gasteiger partial charge in [0.05, 0.1) is 49.3 Å². The molecule has 0 aliphatic carbocycles. The van der Waals surface area contributed by atoms with Crippen LogP contribution in [0.25, 0.3) is 6.08 Å². The summed E-state index contributed by atoms with van der Waals surface area (Å²) in [5, 5.41) is 0. The van der Waals surface area contributed by atoms with Crippen LogP contribution < -0.4 is 33.8 Å². The molecule has 10 nitrogen and oxygen atoms in total. The van der Waals surface area contributed by atoms with Gasteiger partial charge in [0, 0.05) is 6.92 Å². The first-order valence-corrected chi connectivity index (χ1v) is 14.3. The molecule has 222 valence electrons. The molecular formula is C31H34N2O8S. The van der Waals surface area contributed by atoms with Crippen molar-refractivity contribution in [3.8, 4) is 23.0 Å². The third-order valence-corrected chi connectivity index (χ3v) is 7.31. The molecule has 0 spiro atoms. The summed E-state index contributed by atoms with van der Waals surface area (Å²) in [5.41, 5.74) is 1.64. The van der Waals surface area contributed by atoms with Gasteiger partial charge in [-0.1, -0.05) is 37.3 Å². The molecule has 1 aliphatic rings. The van der Waals surface area contributed by atoms with Crippen molar-refractivity contribution in [2.45, 2.75) is 40.7 Å². The number of allylic oxidation sites excluding steroid dienone is 1. The number of fused-ring (bicyclic) bond motifs is 1. The van der Waals surface area contributed by atoms with Crippen LogP contribution in [0.15, 0.2) is 57.5 Å². The first-order valence-electron chi connectivity index (χ1n) is 13.4. The van der Waals surface area contributed by atoms with Crippen molar-refractivity contribution >= 4 is 29.4 Å². The maximum atomic E-state index is 14.0. The van der Waals surface area contributed by atoms with Crippen LogP contribution in [-0.4, -0.2) is 43.9 Å². The molecule has 1 aliphatic heterocycles. The van der Waals surface area contributed by atoms with Gasteiger partial charge in [-0.25, -0.2) is 9.79 Å². The van der Waals surface area contributed by atoms with Crippen LogP contribution >= 0.6 is 11.3 Å². The van der Waals surface area contributed by atoms with Crippen molar-refractivity contribution in [1.82, 2.24) is 4.57 Å². The molecule has 1 aromatic heterocycles. The number of hydrogen-bond acceptors (Lipinski definition) is 10. The molecule has 0 N–H and O–H groups in total. The molecule has 2 aromatic carbocycles. The highest BCUT2D eigenvalue weighted by Gasteiger charge is 2.34. The molecule has 42 heavy (non-hydrogen) atoms. The highest BCUT2D eigenvalue weighted by molar-refractivity contribution is 7.07. The maximum absolute atomic E-state index is 14.0. The summed E-state index contributed by atoms with van der Waals surface area (Å²) >= 11 is 1.21. The normalized spacial score (nSPS) is 14.8. The quantitative estimate of drug-likeness (QED) is 0.257. The second-order valence-corrected chi connectivity index (χ2v) is 10.9. The zero-order valence-electron chi connectivity index (χ0n) is 24.7. The molecule has 1 atom stereocenters.